The average Bonchev–Trinajstić information content (AvgIpc) is 2.81. The van der Waals surface area contributed by atoms with Gasteiger partial charge in [-0.3, -0.25) is 14.5 Å². The number of ether oxygens (including phenoxy) is 1. The molecule has 2 amide bonds. The molecule has 1 saturated carbocycles. The van der Waals surface area contributed by atoms with Crippen LogP contribution < -0.4 is 15.0 Å². The van der Waals surface area contributed by atoms with Crippen LogP contribution in [0, 0.1) is 0 Å². The second-order valence-electron chi connectivity index (χ2n) is 8.13. The van der Waals surface area contributed by atoms with Gasteiger partial charge in [0.25, 0.3) is 11.5 Å². The van der Waals surface area contributed by atoms with Crippen LogP contribution in [0.5, 0.6) is 5.75 Å². The van der Waals surface area contributed by atoms with E-state index in [1.54, 1.807) is 0 Å². The molecule has 37 heavy (non-hydrogen) atoms. The Kier molecular flexibility index (Phi) is 8.52. The highest BCUT2D eigenvalue weighted by atomic mass is 35.5. The van der Waals surface area contributed by atoms with Crippen molar-refractivity contribution in [2.45, 2.75) is 55.1 Å². The lowest BCUT2D eigenvalue weighted by Gasteiger charge is -2.42. The fourth-order valence-electron chi connectivity index (χ4n) is 3.78. The standard InChI is InChI=1S/C21H17BCl2F6N4O3/c22-20(11-8-31-10-32-9-11,18(36)33-12-3-5-19(26,27)6-4-12)34(17(35)16(24)25)15-2-1-13(7-14(15)23)37-21(28,29)30/h1-2,7-10,12,16H,3-6H2,(H,33,36)/t16-,20-/m0/s1. The van der Waals surface area contributed by atoms with E-state index in [4.69, 9.17) is 31.0 Å². The van der Waals surface area contributed by atoms with Crippen LogP contribution in [0.25, 0.3) is 0 Å². The minimum atomic E-state index is -5.07. The van der Waals surface area contributed by atoms with Gasteiger partial charge < -0.3 is 10.1 Å². The molecular formula is C21H17BCl2F6N4O3. The number of nitrogens with one attached hydrogen (secondary N) is 1. The van der Waals surface area contributed by atoms with Crippen LogP contribution in [-0.4, -0.2) is 53.6 Å². The van der Waals surface area contributed by atoms with Gasteiger partial charge in [0, 0.05) is 42.9 Å². The van der Waals surface area contributed by atoms with Crippen LogP contribution in [0.1, 0.15) is 31.2 Å². The van der Waals surface area contributed by atoms with Crippen LogP contribution >= 0.6 is 23.2 Å². The first-order valence-corrected chi connectivity index (χ1v) is 11.4. The Morgan fingerprint density at radius 3 is 2.30 bits per heavy atom. The Labute approximate surface area is 217 Å². The number of anilines is 1. The lowest BCUT2D eigenvalue weighted by Crippen LogP contribution is -2.62. The lowest BCUT2D eigenvalue weighted by molar-refractivity contribution is -0.274. The Balaban J connectivity index is 2.10. The first-order valence-electron chi connectivity index (χ1n) is 10.5. The molecule has 3 rings (SSSR count). The third-order valence-corrected chi connectivity index (χ3v) is 6.04. The number of alkyl halides is 7. The minimum absolute atomic E-state index is 0.125. The number of carbonyl (C=O) groups is 2. The van der Waals surface area contributed by atoms with E-state index in [-0.39, 0.29) is 18.4 Å². The summed E-state index contributed by atoms with van der Waals surface area (Å²) in [6, 6.07) is 1.46. The summed E-state index contributed by atoms with van der Waals surface area (Å²) in [5.74, 6) is -6.46. The van der Waals surface area contributed by atoms with Crippen molar-refractivity contribution in [2.75, 3.05) is 4.90 Å². The number of amides is 2. The monoisotopic (exact) mass is 568 g/mol. The highest BCUT2D eigenvalue weighted by molar-refractivity contribution is 6.40. The topological polar surface area (TPSA) is 84.4 Å². The molecule has 7 nitrogen and oxygen atoms in total. The largest absolute Gasteiger partial charge is 0.573 e. The average molecular weight is 569 g/mol. The second-order valence-corrected chi connectivity index (χ2v) is 8.92. The Hall–Kier alpha value is -2.74. The molecule has 0 saturated heterocycles. The van der Waals surface area contributed by atoms with Gasteiger partial charge in [-0.15, -0.1) is 13.2 Å². The molecular weight excluding hydrogens is 552 g/mol. The minimum Gasteiger partial charge on any atom is -0.406 e. The van der Waals surface area contributed by atoms with Crippen molar-refractivity contribution in [3.05, 3.63) is 47.5 Å². The number of nitrogens with zero attached hydrogens (tertiary/aromatic N) is 3. The summed E-state index contributed by atoms with van der Waals surface area (Å²) in [6.45, 7) is 0. The maximum Gasteiger partial charge on any atom is 0.573 e. The number of hydrogen-bond donors (Lipinski definition) is 1. The number of carbonyl (C=O) groups excluding carboxylic acids is 2. The number of halogens is 8. The van der Waals surface area contributed by atoms with Crippen LogP contribution in [0.2, 0.25) is 5.02 Å². The zero-order valence-corrected chi connectivity index (χ0v) is 20.1. The van der Waals surface area contributed by atoms with E-state index in [1.807, 2.05) is 0 Å². The molecule has 2 atom stereocenters. The molecule has 1 aromatic heterocycles. The van der Waals surface area contributed by atoms with Crippen molar-refractivity contribution < 1.29 is 40.7 Å². The van der Waals surface area contributed by atoms with Gasteiger partial charge in [0.1, 0.15) is 25.4 Å². The first-order chi connectivity index (χ1) is 17.1. The fourth-order valence-corrected chi connectivity index (χ4v) is 4.14. The predicted octanol–water partition coefficient (Wildman–Crippen LogP) is 4.61. The van der Waals surface area contributed by atoms with Gasteiger partial charge in [-0.25, -0.2) is 23.1 Å². The molecule has 198 valence electrons. The maximum atomic E-state index is 14.2. The van der Waals surface area contributed by atoms with Crippen LogP contribution in [0.4, 0.5) is 32.0 Å². The van der Waals surface area contributed by atoms with E-state index in [9.17, 15) is 35.9 Å². The smallest absolute Gasteiger partial charge is 0.406 e. The van der Waals surface area contributed by atoms with E-state index in [1.165, 1.54) is 0 Å². The van der Waals surface area contributed by atoms with Gasteiger partial charge in [0.15, 0.2) is 0 Å². The van der Waals surface area contributed by atoms with E-state index in [2.05, 4.69) is 20.0 Å². The van der Waals surface area contributed by atoms with Gasteiger partial charge in [-0.05, 0) is 25.0 Å². The van der Waals surface area contributed by atoms with E-state index in [0.29, 0.717) is 11.0 Å². The van der Waals surface area contributed by atoms with E-state index in [0.717, 1.165) is 30.9 Å². The molecule has 1 aliphatic rings. The summed E-state index contributed by atoms with van der Waals surface area (Å²) < 4.78 is 83.0. The summed E-state index contributed by atoms with van der Waals surface area (Å²) >= 11 is 11.5. The highest BCUT2D eigenvalue weighted by Gasteiger charge is 2.48. The SMILES string of the molecule is [B][C@@](C(=O)NC1CCC(F)(F)CC1)(c1cncnc1)N(C(=O)[C@H](F)Cl)c1ccc(OC(F)(F)F)cc1Cl. The van der Waals surface area contributed by atoms with Crippen molar-refractivity contribution in [1.29, 1.82) is 0 Å². The third-order valence-electron chi connectivity index (χ3n) is 5.55. The Morgan fingerprint density at radius 1 is 1.19 bits per heavy atom. The van der Waals surface area contributed by atoms with Crippen molar-refractivity contribution in [1.82, 2.24) is 15.3 Å². The highest BCUT2D eigenvalue weighted by Crippen LogP contribution is 2.40. The van der Waals surface area contributed by atoms with Gasteiger partial charge in [-0.2, -0.15) is 0 Å². The van der Waals surface area contributed by atoms with Crippen molar-refractivity contribution in [3.8, 4) is 5.75 Å². The van der Waals surface area contributed by atoms with Crippen molar-refractivity contribution >= 4 is 48.5 Å². The van der Waals surface area contributed by atoms with Gasteiger partial charge in [-0.1, -0.05) is 23.2 Å². The predicted molar refractivity (Wildman–Crippen MR) is 121 cm³/mol. The number of hydrogen-bond acceptors (Lipinski definition) is 5. The fraction of sp³-hybridized carbons (Fsp3) is 0.429. The molecule has 1 heterocycles. The molecule has 2 radical (unpaired) electrons. The third kappa shape index (κ3) is 6.78. The summed E-state index contributed by atoms with van der Waals surface area (Å²) in [4.78, 5) is 34.3. The molecule has 0 spiro atoms. The molecule has 1 aliphatic carbocycles. The number of rotatable bonds is 7. The van der Waals surface area contributed by atoms with Crippen molar-refractivity contribution in [3.63, 3.8) is 0 Å². The summed E-state index contributed by atoms with van der Waals surface area (Å²) in [5, 5.41) is 1.88. The van der Waals surface area contributed by atoms with Gasteiger partial charge in [0.05, 0.1) is 10.7 Å². The van der Waals surface area contributed by atoms with E-state index >= 15 is 0 Å². The Morgan fingerprint density at radius 2 is 1.78 bits per heavy atom. The summed E-state index contributed by atoms with van der Waals surface area (Å²) in [6.07, 6.45) is -3.25. The van der Waals surface area contributed by atoms with Gasteiger partial charge >= 0.3 is 6.36 Å². The van der Waals surface area contributed by atoms with Crippen LogP contribution in [0.3, 0.4) is 0 Å². The molecule has 2 aromatic rings. The molecule has 16 heteroatoms. The van der Waals surface area contributed by atoms with Crippen LogP contribution in [0.15, 0.2) is 36.9 Å². The van der Waals surface area contributed by atoms with Gasteiger partial charge in [0.2, 0.25) is 11.8 Å². The quantitative estimate of drug-likeness (QED) is 0.299. The molecule has 1 fully saturated rings. The molecule has 0 bridgehead atoms. The Bertz CT molecular complexity index is 1140. The second kappa shape index (κ2) is 10.9. The van der Waals surface area contributed by atoms with E-state index < -0.39 is 70.5 Å². The zero-order chi connectivity index (χ0) is 27.6. The first kappa shape index (κ1) is 28.8. The normalized spacial score (nSPS) is 18.4. The summed E-state index contributed by atoms with van der Waals surface area (Å²) in [7, 11) is 6.43. The summed E-state index contributed by atoms with van der Waals surface area (Å²) in [5.41, 5.74) is -6.24. The molecule has 1 N–H and O–H groups in total. The zero-order valence-electron chi connectivity index (χ0n) is 18.6. The number of benzene rings is 1. The van der Waals surface area contributed by atoms with Crippen molar-refractivity contribution in [2.24, 2.45) is 0 Å². The van der Waals surface area contributed by atoms with Crippen LogP contribution in [-0.2, 0) is 15.0 Å². The molecule has 0 aliphatic heterocycles. The lowest BCUT2D eigenvalue weighted by atomic mass is 9.69. The number of aromatic nitrogens is 2. The maximum absolute atomic E-state index is 14.2. The molecule has 0 unspecified atom stereocenters. The molecule has 1 aromatic carbocycles.